The van der Waals surface area contributed by atoms with Crippen LogP contribution in [0.3, 0.4) is 0 Å². The molecular weight excluding hydrogens is 292 g/mol. The summed E-state index contributed by atoms with van der Waals surface area (Å²) >= 11 is 0. The van der Waals surface area contributed by atoms with Gasteiger partial charge in [0.25, 0.3) is 0 Å². The number of carboxylic acid groups (broad SMARTS) is 1. The van der Waals surface area contributed by atoms with Crippen LogP contribution < -0.4 is 4.74 Å². The Morgan fingerprint density at radius 2 is 2.05 bits per heavy atom. The monoisotopic (exact) mass is 307 g/mol. The number of alkyl halides is 2. The number of benzene rings is 1. The molecule has 0 aromatic heterocycles. The third-order valence-electron chi connectivity index (χ3n) is 3.18. The van der Waals surface area contributed by atoms with Crippen molar-refractivity contribution in [2.75, 3.05) is 13.1 Å². The van der Waals surface area contributed by atoms with Gasteiger partial charge in [-0.1, -0.05) is 12.1 Å². The summed E-state index contributed by atoms with van der Waals surface area (Å²) in [5.41, 5.74) is 0.952. The highest BCUT2D eigenvalue weighted by Crippen LogP contribution is 2.20. The molecule has 112 valence electrons. The summed E-state index contributed by atoms with van der Waals surface area (Å²) in [4.78, 5) is 12.9. The lowest BCUT2D eigenvalue weighted by Gasteiger charge is -2.15. The predicted molar refractivity (Wildman–Crippen MR) is 71.3 cm³/mol. The summed E-state index contributed by atoms with van der Waals surface area (Å²) in [6.45, 7) is -0.920. The van der Waals surface area contributed by atoms with E-state index in [1.807, 2.05) is 4.90 Å². The van der Waals surface area contributed by atoms with Crippen LogP contribution in [0.2, 0.25) is 0 Å². The van der Waals surface area contributed by atoms with Gasteiger partial charge in [0.15, 0.2) is 0 Å². The molecule has 1 atom stereocenters. The Balaban J connectivity index is 0.00000200. The average Bonchev–Trinajstić information content (AvgIpc) is 2.80. The van der Waals surface area contributed by atoms with Crippen LogP contribution in [0.4, 0.5) is 8.78 Å². The molecule has 0 saturated carbocycles. The second-order valence-corrected chi connectivity index (χ2v) is 4.58. The van der Waals surface area contributed by atoms with Gasteiger partial charge >= 0.3 is 12.6 Å². The summed E-state index contributed by atoms with van der Waals surface area (Å²) in [7, 11) is 0. The molecule has 4 nitrogen and oxygen atoms in total. The van der Waals surface area contributed by atoms with Crippen molar-refractivity contribution in [1.82, 2.24) is 4.90 Å². The second kappa shape index (κ2) is 7.40. The minimum absolute atomic E-state index is 0. The topological polar surface area (TPSA) is 49.8 Å². The lowest BCUT2D eigenvalue weighted by Crippen LogP contribution is -2.22. The standard InChI is InChI=1S/C13H15F2NO3.ClH/c14-13(15)19-11-3-1-9(2-4-11)7-16-6-5-10(8-16)12(17)18;/h1-4,10,13H,5-8H2,(H,17,18);1H. The lowest BCUT2D eigenvalue weighted by atomic mass is 10.1. The van der Waals surface area contributed by atoms with Crippen molar-refractivity contribution in [1.29, 1.82) is 0 Å². The van der Waals surface area contributed by atoms with Crippen molar-refractivity contribution in [2.24, 2.45) is 5.92 Å². The van der Waals surface area contributed by atoms with Gasteiger partial charge in [-0.3, -0.25) is 9.69 Å². The fourth-order valence-electron chi connectivity index (χ4n) is 2.21. The summed E-state index contributed by atoms with van der Waals surface area (Å²) in [5, 5.41) is 8.90. The van der Waals surface area contributed by atoms with Crippen LogP contribution in [0, 0.1) is 5.92 Å². The Hall–Kier alpha value is -1.40. The number of hydrogen-bond donors (Lipinski definition) is 1. The highest BCUT2D eigenvalue weighted by atomic mass is 35.5. The number of halogens is 3. The van der Waals surface area contributed by atoms with Gasteiger partial charge in [0, 0.05) is 13.1 Å². The SMILES string of the molecule is Cl.O=C(O)C1CCN(Cc2ccc(OC(F)F)cc2)C1. The van der Waals surface area contributed by atoms with Crippen LogP contribution in [-0.2, 0) is 11.3 Å². The van der Waals surface area contributed by atoms with E-state index in [-0.39, 0.29) is 24.1 Å². The van der Waals surface area contributed by atoms with E-state index in [1.54, 1.807) is 12.1 Å². The largest absolute Gasteiger partial charge is 0.481 e. The molecule has 1 aromatic carbocycles. The maximum Gasteiger partial charge on any atom is 0.387 e. The molecule has 0 amide bonds. The Labute approximate surface area is 121 Å². The highest BCUT2D eigenvalue weighted by molar-refractivity contribution is 5.85. The minimum atomic E-state index is -2.82. The predicted octanol–water partition coefficient (Wildman–Crippen LogP) is 2.62. The van der Waals surface area contributed by atoms with E-state index in [2.05, 4.69) is 4.74 Å². The van der Waals surface area contributed by atoms with Crippen molar-refractivity contribution in [3.05, 3.63) is 29.8 Å². The van der Waals surface area contributed by atoms with Crippen LogP contribution in [-0.4, -0.2) is 35.7 Å². The smallest absolute Gasteiger partial charge is 0.387 e. The molecule has 0 aliphatic carbocycles. The number of hydrogen-bond acceptors (Lipinski definition) is 3. The van der Waals surface area contributed by atoms with E-state index in [0.29, 0.717) is 19.5 Å². The van der Waals surface area contributed by atoms with Crippen LogP contribution >= 0.6 is 12.4 Å². The van der Waals surface area contributed by atoms with Crippen LogP contribution in [0.25, 0.3) is 0 Å². The number of rotatable bonds is 5. The number of carbonyl (C=O) groups is 1. The first-order chi connectivity index (χ1) is 9.04. The molecule has 1 aliphatic rings. The normalized spacial score (nSPS) is 18.9. The minimum Gasteiger partial charge on any atom is -0.481 e. The second-order valence-electron chi connectivity index (χ2n) is 4.58. The van der Waals surface area contributed by atoms with Gasteiger partial charge in [0.05, 0.1) is 5.92 Å². The first-order valence-corrected chi connectivity index (χ1v) is 6.03. The first-order valence-electron chi connectivity index (χ1n) is 6.03. The molecule has 1 N–H and O–H groups in total. The zero-order valence-corrected chi connectivity index (χ0v) is 11.5. The zero-order chi connectivity index (χ0) is 13.8. The molecular formula is C13H16ClF2NO3. The average molecular weight is 308 g/mol. The molecule has 1 unspecified atom stereocenters. The van der Waals surface area contributed by atoms with E-state index < -0.39 is 12.6 Å². The Kier molecular flexibility index (Phi) is 6.16. The van der Waals surface area contributed by atoms with Gasteiger partial charge in [-0.2, -0.15) is 8.78 Å². The van der Waals surface area contributed by atoms with Crippen molar-refractivity contribution < 1.29 is 23.4 Å². The number of carboxylic acids is 1. The molecule has 1 saturated heterocycles. The molecule has 1 heterocycles. The summed E-state index contributed by atoms with van der Waals surface area (Å²) < 4.78 is 28.2. The molecule has 7 heteroatoms. The third kappa shape index (κ3) is 4.61. The molecule has 20 heavy (non-hydrogen) atoms. The molecule has 0 spiro atoms. The lowest BCUT2D eigenvalue weighted by molar-refractivity contribution is -0.141. The molecule has 1 fully saturated rings. The van der Waals surface area contributed by atoms with Crippen LogP contribution in [0.15, 0.2) is 24.3 Å². The Morgan fingerprint density at radius 1 is 1.40 bits per heavy atom. The number of nitrogens with zero attached hydrogens (tertiary/aromatic N) is 1. The number of aliphatic carboxylic acids is 1. The van der Waals surface area contributed by atoms with Crippen molar-refractivity contribution in [3.8, 4) is 5.75 Å². The van der Waals surface area contributed by atoms with Crippen molar-refractivity contribution in [2.45, 2.75) is 19.6 Å². The van der Waals surface area contributed by atoms with E-state index in [1.165, 1.54) is 12.1 Å². The summed E-state index contributed by atoms with van der Waals surface area (Å²) in [5.74, 6) is -0.937. The third-order valence-corrected chi connectivity index (χ3v) is 3.18. The number of ether oxygens (including phenoxy) is 1. The summed E-state index contributed by atoms with van der Waals surface area (Å²) in [6.07, 6.45) is 0.655. The first kappa shape index (κ1) is 16.7. The van der Waals surface area contributed by atoms with Crippen LogP contribution in [0.5, 0.6) is 5.75 Å². The van der Waals surface area contributed by atoms with Gasteiger partial charge in [0.1, 0.15) is 5.75 Å². The number of likely N-dealkylation sites (tertiary alicyclic amines) is 1. The molecule has 0 bridgehead atoms. The fraction of sp³-hybridized carbons (Fsp3) is 0.462. The van der Waals surface area contributed by atoms with Gasteiger partial charge in [-0.15, -0.1) is 12.4 Å². The Morgan fingerprint density at radius 3 is 2.55 bits per heavy atom. The maximum absolute atomic E-state index is 12.0. The molecule has 2 rings (SSSR count). The van der Waals surface area contributed by atoms with Gasteiger partial charge < -0.3 is 9.84 Å². The van der Waals surface area contributed by atoms with Crippen molar-refractivity contribution >= 4 is 18.4 Å². The molecule has 0 radical (unpaired) electrons. The van der Waals surface area contributed by atoms with E-state index in [9.17, 15) is 13.6 Å². The zero-order valence-electron chi connectivity index (χ0n) is 10.7. The van der Waals surface area contributed by atoms with Gasteiger partial charge in [0.2, 0.25) is 0 Å². The fourth-order valence-corrected chi connectivity index (χ4v) is 2.21. The van der Waals surface area contributed by atoms with Gasteiger partial charge in [-0.05, 0) is 30.7 Å². The molecule has 1 aliphatic heterocycles. The molecule has 1 aromatic rings. The Bertz CT molecular complexity index is 442. The van der Waals surface area contributed by atoms with E-state index in [0.717, 1.165) is 12.1 Å². The quantitative estimate of drug-likeness (QED) is 0.908. The van der Waals surface area contributed by atoms with E-state index in [4.69, 9.17) is 5.11 Å². The van der Waals surface area contributed by atoms with Crippen LogP contribution in [0.1, 0.15) is 12.0 Å². The van der Waals surface area contributed by atoms with Crippen molar-refractivity contribution in [3.63, 3.8) is 0 Å². The van der Waals surface area contributed by atoms with Gasteiger partial charge in [-0.25, -0.2) is 0 Å². The van der Waals surface area contributed by atoms with E-state index >= 15 is 0 Å². The summed E-state index contributed by atoms with van der Waals surface area (Å²) in [6, 6.07) is 6.41. The maximum atomic E-state index is 12.0. The highest BCUT2D eigenvalue weighted by Gasteiger charge is 2.27.